The van der Waals surface area contributed by atoms with Crippen LogP contribution in [0, 0.1) is 0 Å². The van der Waals surface area contributed by atoms with Crippen LogP contribution in [0.3, 0.4) is 0 Å². The first-order chi connectivity index (χ1) is 8.20. The fourth-order valence-electron chi connectivity index (χ4n) is 1.95. The highest BCUT2D eigenvalue weighted by molar-refractivity contribution is 5.40. The Balaban J connectivity index is 2.02. The number of aromatic nitrogens is 1. The Labute approximate surface area is 102 Å². The number of nitrogens with zero attached hydrogens (tertiary/aromatic N) is 3. The second kappa shape index (κ2) is 5.44. The zero-order valence-corrected chi connectivity index (χ0v) is 10.2. The lowest BCUT2D eigenvalue weighted by molar-refractivity contribution is 0.186. The van der Waals surface area contributed by atoms with Crippen molar-refractivity contribution in [2.24, 2.45) is 5.73 Å². The maximum Gasteiger partial charge on any atom is 0.128 e. The molecule has 17 heavy (non-hydrogen) atoms. The van der Waals surface area contributed by atoms with E-state index in [0.29, 0.717) is 0 Å². The number of rotatable bonds is 3. The minimum absolute atomic E-state index is 0.232. The maximum absolute atomic E-state index is 9.58. The van der Waals surface area contributed by atoms with Crippen LogP contribution < -0.4 is 10.6 Å². The van der Waals surface area contributed by atoms with Gasteiger partial charge in [0.05, 0.1) is 6.10 Å². The van der Waals surface area contributed by atoms with Crippen LogP contribution in [-0.2, 0) is 0 Å². The molecule has 1 atom stereocenters. The van der Waals surface area contributed by atoms with Crippen LogP contribution >= 0.6 is 0 Å². The van der Waals surface area contributed by atoms with Gasteiger partial charge in [0.15, 0.2) is 0 Å². The molecule has 0 amide bonds. The fraction of sp³-hybridized carbons (Fsp3) is 0.583. The van der Waals surface area contributed by atoms with E-state index >= 15 is 0 Å². The van der Waals surface area contributed by atoms with Crippen molar-refractivity contribution in [2.45, 2.75) is 6.10 Å². The average Bonchev–Trinajstić information content (AvgIpc) is 2.39. The Morgan fingerprint density at radius 1 is 1.35 bits per heavy atom. The van der Waals surface area contributed by atoms with E-state index in [0.717, 1.165) is 37.6 Å². The molecule has 0 aliphatic carbocycles. The number of pyridine rings is 1. The van der Waals surface area contributed by atoms with E-state index in [9.17, 15) is 5.11 Å². The van der Waals surface area contributed by atoms with Gasteiger partial charge in [-0.3, -0.25) is 0 Å². The molecule has 1 aromatic rings. The summed E-state index contributed by atoms with van der Waals surface area (Å²) in [6.45, 7) is 4.36. The minimum atomic E-state index is -0.607. The molecule has 2 rings (SSSR count). The summed E-state index contributed by atoms with van der Waals surface area (Å²) in [6.07, 6.45) is 1.11. The molecule has 94 valence electrons. The van der Waals surface area contributed by atoms with E-state index in [1.165, 1.54) is 0 Å². The third kappa shape index (κ3) is 2.94. The van der Waals surface area contributed by atoms with Gasteiger partial charge in [-0.2, -0.15) is 0 Å². The highest BCUT2D eigenvalue weighted by Crippen LogP contribution is 2.16. The SMILES string of the molecule is CN1CCN(c2ccc(C(O)CN)cn2)CC1. The zero-order chi connectivity index (χ0) is 12.3. The quantitative estimate of drug-likeness (QED) is 0.762. The number of aliphatic hydroxyl groups is 1. The molecule has 1 saturated heterocycles. The first-order valence-electron chi connectivity index (χ1n) is 5.98. The first kappa shape index (κ1) is 12.3. The molecule has 0 radical (unpaired) electrons. The summed E-state index contributed by atoms with van der Waals surface area (Å²) in [4.78, 5) is 8.96. The van der Waals surface area contributed by atoms with Crippen molar-refractivity contribution in [1.29, 1.82) is 0 Å². The van der Waals surface area contributed by atoms with E-state index < -0.39 is 6.10 Å². The Hall–Kier alpha value is -1.17. The number of hydrogen-bond acceptors (Lipinski definition) is 5. The van der Waals surface area contributed by atoms with Crippen LogP contribution in [-0.4, -0.2) is 54.8 Å². The molecule has 1 unspecified atom stereocenters. The van der Waals surface area contributed by atoms with E-state index in [4.69, 9.17) is 5.73 Å². The molecule has 5 nitrogen and oxygen atoms in total. The fourth-order valence-corrected chi connectivity index (χ4v) is 1.95. The minimum Gasteiger partial charge on any atom is -0.387 e. The first-order valence-corrected chi connectivity index (χ1v) is 5.98. The molecule has 1 aliphatic heterocycles. The average molecular weight is 236 g/mol. The second-order valence-corrected chi connectivity index (χ2v) is 4.49. The Bertz CT molecular complexity index is 346. The molecule has 0 saturated carbocycles. The Kier molecular flexibility index (Phi) is 3.93. The summed E-state index contributed by atoms with van der Waals surface area (Å²) >= 11 is 0. The van der Waals surface area contributed by atoms with Gasteiger partial charge in [0.2, 0.25) is 0 Å². The lowest BCUT2D eigenvalue weighted by atomic mass is 10.1. The summed E-state index contributed by atoms with van der Waals surface area (Å²) in [6, 6.07) is 3.86. The molecule has 1 fully saturated rings. The van der Waals surface area contributed by atoms with E-state index in [2.05, 4.69) is 21.8 Å². The van der Waals surface area contributed by atoms with Crippen molar-refractivity contribution in [3.05, 3.63) is 23.9 Å². The van der Waals surface area contributed by atoms with Gasteiger partial charge in [0.25, 0.3) is 0 Å². The molecule has 0 aromatic carbocycles. The second-order valence-electron chi connectivity index (χ2n) is 4.49. The number of piperazine rings is 1. The van der Waals surface area contributed by atoms with Gasteiger partial charge in [-0.05, 0) is 13.1 Å². The van der Waals surface area contributed by atoms with Crippen molar-refractivity contribution in [1.82, 2.24) is 9.88 Å². The van der Waals surface area contributed by atoms with Crippen molar-refractivity contribution in [2.75, 3.05) is 44.7 Å². The summed E-state index contributed by atoms with van der Waals surface area (Å²) in [5.74, 6) is 0.978. The highest BCUT2D eigenvalue weighted by atomic mass is 16.3. The maximum atomic E-state index is 9.58. The molecular weight excluding hydrogens is 216 g/mol. The van der Waals surface area contributed by atoms with Crippen molar-refractivity contribution >= 4 is 5.82 Å². The zero-order valence-electron chi connectivity index (χ0n) is 10.2. The Morgan fingerprint density at radius 2 is 2.06 bits per heavy atom. The van der Waals surface area contributed by atoms with Crippen LogP contribution in [0.4, 0.5) is 5.82 Å². The highest BCUT2D eigenvalue weighted by Gasteiger charge is 2.15. The molecular formula is C12H20N4O. The molecule has 2 heterocycles. The van der Waals surface area contributed by atoms with Gasteiger partial charge in [-0.25, -0.2) is 4.98 Å². The topological polar surface area (TPSA) is 65.6 Å². The molecule has 5 heteroatoms. The van der Waals surface area contributed by atoms with Gasteiger partial charge in [0.1, 0.15) is 5.82 Å². The molecule has 1 aliphatic rings. The monoisotopic (exact) mass is 236 g/mol. The number of hydrogen-bond donors (Lipinski definition) is 2. The van der Waals surface area contributed by atoms with E-state index in [1.807, 2.05) is 12.1 Å². The van der Waals surface area contributed by atoms with Gasteiger partial charge in [0, 0.05) is 44.5 Å². The number of nitrogens with two attached hydrogens (primary N) is 1. The van der Waals surface area contributed by atoms with Crippen molar-refractivity contribution in [3.63, 3.8) is 0 Å². The molecule has 0 bridgehead atoms. The third-order valence-electron chi connectivity index (χ3n) is 3.21. The summed E-state index contributed by atoms with van der Waals surface area (Å²) in [5, 5.41) is 9.58. The smallest absolute Gasteiger partial charge is 0.128 e. The molecule has 0 spiro atoms. The third-order valence-corrected chi connectivity index (χ3v) is 3.21. The number of anilines is 1. The summed E-state index contributed by atoms with van der Waals surface area (Å²) in [5.41, 5.74) is 6.19. The van der Waals surface area contributed by atoms with Crippen molar-refractivity contribution in [3.8, 4) is 0 Å². The Morgan fingerprint density at radius 3 is 2.59 bits per heavy atom. The lowest BCUT2D eigenvalue weighted by Gasteiger charge is -2.33. The van der Waals surface area contributed by atoms with Gasteiger partial charge >= 0.3 is 0 Å². The number of likely N-dealkylation sites (N-methyl/N-ethyl adjacent to an activating group) is 1. The summed E-state index contributed by atoms with van der Waals surface area (Å²) < 4.78 is 0. The van der Waals surface area contributed by atoms with Crippen LogP contribution in [0.2, 0.25) is 0 Å². The standard InChI is InChI=1S/C12H20N4O/c1-15-4-6-16(7-5-15)12-3-2-10(9-14-12)11(17)8-13/h2-3,9,11,17H,4-8,13H2,1H3. The van der Waals surface area contributed by atoms with Crippen LogP contribution in [0.25, 0.3) is 0 Å². The van der Waals surface area contributed by atoms with E-state index in [1.54, 1.807) is 6.20 Å². The lowest BCUT2D eigenvalue weighted by Crippen LogP contribution is -2.44. The predicted octanol–water partition coefficient (Wildman–Crippen LogP) is -0.175. The van der Waals surface area contributed by atoms with Crippen LogP contribution in [0.5, 0.6) is 0 Å². The van der Waals surface area contributed by atoms with E-state index in [-0.39, 0.29) is 6.54 Å². The summed E-state index contributed by atoms with van der Waals surface area (Å²) in [7, 11) is 2.13. The predicted molar refractivity (Wildman–Crippen MR) is 68.0 cm³/mol. The van der Waals surface area contributed by atoms with Crippen molar-refractivity contribution < 1.29 is 5.11 Å². The largest absolute Gasteiger partial charge is 0.387 e. The molecule has 1 aromatic heterocycles. The van der Waals surface area contributed by atoms with Crippen LogP contribution in [0.1, 0.15) is 11.7 Å². The molecule has 3 N–H and O–H groups in total. The van der Waals surface area contributed by atoms with Gasteiger partial charge in [-0.1, -0.05) is 6.07 Å². The van der Waals surface area contributed by atoms with Gasteiger partial charge < -0.3 is 20.6 Å². The van der Waals surface area contributed by atoms with Gasteiger partial charge in [-0.15, -0.1) is 0 Å². The number of aliphatic hydroxyl groups excluding tert-OH is 1. The normalized spacial score (nSPS) is 19.4. The van der Waals surface area contributed by atoms with Crippen LogP contribution in [0.15, 0.2) is 18.3 Å².